The minimum atomic E-state index is -4.23. The van der Waals surface area contributed by atoms with Gasteiger partial charge in [0.25, 0.3) is 0 Å². The number of halogens is 3. The molecule has 0 bridgehead atoms. The Balaban J connectivity index is 2.04. The van der Waals surface area contributed by atoms with Crippen LogP contribution in [0.2, 0.25) is 0 Å². The van der Waals surface area contributed by atoms with Crippen LogP contribution in [0.3, 0.4) is 0 Å². The van der Waals surface area contributed by atoms with Gasteiger partial charge in [0, 0.05) is 26.2 Å². The van der Waals surface area contributed by atoms with Gasteiger partial charge < -0.3 is 9.84 Å². The summed E-state index contributed by atoms with van der Waals surface area (Å²) in [7, 11) is 1.52. The van der Waals surface area contributed by atoms with Gasteiger partial charge in [0.1, 0.15) is 11.8 Å². The van der Waals surface area contributed by atoms with Crippen molar-refractivity contribution >= 4 is 5.97 Å². The largest absolute Gasteiger partial charge is 0.497 e. The number of piperazine rings is 1. The molecule has 0 spiro atoms. The molecule has 1 aromatic carbocycles. The molecule has 0 aromatic heterocycles. The lowest BCUT2D eigenvalue weighted by Crippen LogP contribution is -2.51. The zero-order chi connectivity index (χ0) is 17.0. The van der Waals surface area contributed by atoms with Gasteiger partial charge in [-0.25, -0.2) is 0 Å². The number of carboxylic acid groups (broad SMARTS) is 1. The third-order valence-electron chi connectivity index (χ3n) is 3.84. The summed E-state index contributed by atoms with van der Waals surface area (Å²) in [6, 6.07) is 5.81. The number of rotatable bonds is 5. The van der Waals surface area contributed by atoms with Crippen molar-refractivity contribution in [3.05, 3.63) is 29.8 Å². The number of carboxylic acids is 1. The number of benzene rings is 1. The molecule has 128 valence electrons. The van der Waals surface area contributed by atoms with E-state index >= 15 is 0 Å². The van der Waals surface area contributed by atoms with E-state index in [1.54, 1.807) is 29.2 Å². The van der Waals surface area contributed by atoms with E-state index in [1.807, 2.05) is 0 Å². The highest BCUT2D eigenvalue weighted by Gasteiger charge is 2.35. The van der Waals surface area contributed by atoms with E-state index < -0.39 is 24.7 Å². The summed E-state index contributed by atoms with van der Waals surface area (Å²) in [5.74, 6) is -0.396. The minimum absolute atomic E-state index is 0.194. The third-order valence-corrected chi connectivity index (χ3v) is 3.84. The molecular weight excluding hydrogens is 313 g/mol. The molecule has 1 aliphatic rings. The summed E-state index contributed by atoms with van der Waals surface area (Å²) < 4.78 is 42.2. The molecule has 2 rings (SSSR count). The second-order valence-corrected chi connectivity index (χ2v) is 5.44. The molecule has 0 aliphatic carbocycles. The van der Waals surface area contributed by atoms with E-state index in [4.69, 9.17) is 4.74 Å². The first-order valence-electron chi connectivity index (χ1n) is 7.20. The first kappa shape index (κ1) is 17.6. The van der Waals surface area contributed by atoms with Crippen LogP contribution in [0.15, 0.2) is 24.3 Å². The Morgan fingerprint density at radius 3 is 2.22 bits per heavy atom. The monoisotopic (exact) mass is 332 g/mol. The Morgan fingerprint density at radius 2 is 1.78 bits per heavy atom. The van der Waals surface area contributed by atoms with Crippen molar-refractivity contribution < 1.29 is 27.8 Å². The summed E-state index contributed by atoms with van der Waals surface area (Å²) in [4.78, 5) is 14.6. The van der Waals surface area contributed by atoms with Crippen molar-refractivity contribution in [2.45, 2.75) is 12.2 Å². The smallest absolute Gasteiger partial charge is 0.401 e. The van der Waals surface area contributed by atoms with Crippen LogP contribution in [0.25, 0.3) is 0 Å². The van der Waals surface area contributed by atoms with Crippen molar-refractivity contribution in [1.82, 2.24) is 9.80 Å². The van der Waals surface area contributed by atoms with E-state index in [-0.39, 0.29) is 26.2 Å². The van der Waals surface area contributed by atoms with Crippen LogP contribution in [0.5, 0.6) is 5.75 Å². The van der Waals surface area contributed by atoms with Crippen molar-refractivity contribution in [2.24, 2.45) is 0 Å². The molecule has 1 aliphatic heterocycles. The Bertz CT molecular complexity index is 526. The molecule has 1 heterocycles. The van der Waals surface area contributed by atoms with Gasteiger partial charge in [0.15, 0.2) is 0 Å². The number of carbonyl (C=O) groups is 1. The Labute approximate surface area is 132 Å². The quantitative estimate of drug-likeness (QED) is 0.894. The molecule has 0 amide bonds. The second-order valence-electron chi connectivity index (χ2n) is 5.44. The fourth-order valence-corrected chi connectivity index (χ4v) is 2.73. The Kier molecular flexibility index (Phi) is 5.48. The first-order valence-corrected chi connectivity index (χ1v) is 7.20. The van der Waals surface area contributed by atoms with Gasteiger partial charge in [-0.2, -0.15) is 13.2 Å². The molecular formula is C15H19F3N2O3. The maximum Gasteiger partial charge on any atom is 0.401 e. The number of nitrogens with zero attached hydrogens (tertiary/aromatic N) is 2. The first-order chi connectivity index (χ1) is 10.8. The lowest BCUT2D eigenvalue weighted by Gasteiger charge is -2.38. The molecule has 0 radical (unpaired) electrons. The molecule has 1 saturated heterocycles. The number of ether oxygens (including phenoxy) is 1. The standard InChI is InChI=1S/C15H19F3N2O3/c1-23-12-4-2-11(3-5-12)13(14(21)22)20-8-6-19(7-9-20)10-15(16,17)18/h2-5,13H,6-10H2,1H3,(H,21,22). The molecule has 1 unspecified atom stereocenters. The predicted molar refractivity (Wildman–Crippen MR) is 77.4 cm³/mol. The zero-order valence-electron chi connectivity index (χ0n) is 12.7. The maximum absolute atomic E-state index is 12.4. The van der Waals surface area contributed by atoms with Gasteiger partial charge in [-0.1, -0.05) is 12.1 Å². The summed E-state index contributed by atoms with van der Waals surface area (Å²) in [5, 5.41) is 9.49. The Hall–Kier alpha value is -1.80. The van der Waals surface area contributed by atoms with Gasteiger partial charge in [0.05, 0.1) is 13.7 Å². The summed E-state index contributed by atoms with van der Waals surface area (Å²) in [6.07, 6.45) is -4.23. The van der Waals surface area contributed by atoms with Gasteiger partial charge >= 0.3 is 12.1 Å². The van der Waals surface area contributed by atoms with Crippen molar-refractivity contribution in [3.63, 3.8) is 0 Å². The van der Waals surface area contributed by atoms with Crippen LogP contribution < -0.4 is 4.74 Å². The SMILES string of the molecule is COc1ccc(C(C(=O)O)N2CCN(CC(F)(F)F)CC2)cc1. The normalized spacial score (nSPS) is 18.6. The molecule has 1 aromatic rings. The molecule has 23 heavy (non-hydrogen) atoms. The molecule has 0 saturated carbocycles. The summed E-state index contributed by atoms with van der Waals surface area (Å²) in [5.41, 5.74) is 0.586. The topological polar surface area (TPSA) is 53.0 Å². The molecule has 1 atom stereocenters. The van der Waals surface area contributed by atoms with E-state index in [1.165, 1.54) is 12.0 Å². The average Bonchev–Trinajstić information content (AvgIpc) is 2.48. The maximum atomic E-state index is 12.4. The van der Waals surface area contributed by atoms with Gasteiger partial charge in [-0.3, -0.25) is 14.6 Å². The third kappa shape index (κ3) is 4.84. The highest BCUT2D eigenvalue weighted by atomic mass is 19.4. The van der Waals surface area contributed by atoms with Gasteiger partial charge in [0.2, 0.25) is 0 Å². The molecule has 1 fully saturated rings. The predicted octanol–water partition coefficient (Wildman–Crippen LogP) is 2.00. The van der Waals surface area contributed by atoms with Crippen molar-refractivity contribution in [1.29, 1.82) is 0 Å². The van der Waals surface area contributed by atoms with Gasteiger partial charge in [-0.15, -0.1) is 0 Å². The van der Waals surface area contributed by atoms with Crippen LogP contribution in [-0.2, 0) is 4.79 Å². The second kappa shape index (κ2) is 7.18. The summed E-state index contributed by atoms with van der Waals surface area (Å²) >= 11 is 0. The minimum Gasteiger partial charge on any atom is -0.497 e. The fourth-order valence-electron chi connectivity index (χ4n) is 2.73. The van der Waals surface area contributed by atoms with E-state index in [0.717, 1.165) is 0 Å². The summed E-state index contributed by atoms with van der Waals surface area (Å²) in [6.45, 7) is -0.0157. The number of hydrogen-bond acceptors (Lipinski definition) is 4. The molecule has 1 N–H and O–H groups in total. The van der Waals surface area contributed by atoms with Crippen LogP contribution in [0.1, 0.15) is 11.6 Å². The van der Waals surface area contributed by atoms with Crippen LogP contribution >= 0.6 is 0 Å². The van der Waals surface area contributed by atoms with Crippen LogP contribution in [0.4, 0.5) is 13.2 Å². The average molecular weight is 332 g/mol. The highest BCUT2D eigenvalue weighted by molar-refractivity contribution is 5.75. The number of alkyl halides is 3. The van der Waals surface area contributed by atoms with E-state index in [2.05, 4.69) is 0 Å². The molecule has 8 heteroatoms. The number of aliphatic carboxylic acids is 1. The number of hydrogen-bond donors (Lipinski definition) is 1. The van der Waals surface area contributed by atoms with Gasteiger partial charge in [-0.05, 0) is 17.7 Å². The highest BCUT2D eigenvalue weighted by Crippen LogP contribution is 2.25. The lowest BCUT2D eigenvalue weighted by atomic mass is 10.0. The van der Waals surface area contributed by atoms with Crippen molar-refractivity contribution in [2.75, 3.05) is 39.8 Å². The molecule has 5 nitrogen and oxygen atoms in total. The van der Waals surface area contributed by atoms with Crippen LogP contribution in [-0.4, -0.2) is 66.9 Å². The Morgan fingerprint density at radius 1 is 1.22 bits per heavy atom. The van der Waals surface area contributed by atoms with E-state index in [0.29, 0.717) is 11.3 Å². The van der Waals surface area contributed by atoms with Crippen molar-refractivity contribution in [3.8, 4) is 5.75 Å². The fraction of sp³-hybridized carbons (Fsp3) is 0.533. The lowest BCUT2D eigenvalue weighted by molar-refractivity contribution is -0.154. The number of methoxy groups -OCH3 is 1. The van der Waals surface area contributed by atoms with Crippen LogP contribution in [0, 0.1) is 0 Å². The van der Waals surface area contributed by atoms with E-state index in [9.17, 15) is 23.1 Å². The zero-order valence-corrected chi connectivity index (χ0v) is 12.7.